The van der Waals surface area contributed by atoms with Crippen molar-refractivity contribution in [1.29, 1.82) is 0 Å². The van der Waals surface area contributed by atoms with Crippen LogP contribution < -0.4 is 9.47 Å². The maximum Gasteiger partial charge on any atom is 0.120 e. The van der Waals surface area contributed by atoms with E-state index < -0.39 is 0 Å². The summed E-state index contributed by atoms with van der Waals surface area (Å²) in [6, 6.07) is 20.8. The van der Waals surface area contributed by atoms with Crippen molar-refractivity contribution in [1.82, 2.24) is 0 Å². The van der Waals surface area contributed by atoms with E-state index in [2.05, 4.69) is 81.1 Å². The zero-order chi connectivity index (χ0) is 22.6. The van der Waals surface area contributed by atoms with Gasteiger partial charge in [-0.3, -0.25) is 0 Å². The van der Waals surface area contributed by atoms with E-state index in [1.54, 1.807) is 0 Å². The maximum atomic E-state index is 6.03. The number of hydrogen-bond acceptors (Lipinski definition) is 2. The van der Waals surface area contributed by atoms with E-state index in [-0.39, 0.29) is 0 Å². The second-order valence-corrected chi connectivity index (χ2v) is 8.59. The minimum Gasteiger partial charge on any atom is -0.493 e. The fraction of sp³-hybridized carbons (Fsp3) is 0.400. The average Bonchev–Trinajstić information content (AvgIpc) is 2.83. The lowest BCUT2D eigenvalue weighted by Crippen LogP contribution is -2.07. The largest absolute Gasteiger partial charge is 0.493 e. The van der Waals surface area contributed by atoms with Gasteiger partial charge in [0.15, 0.2) is 0 Å². The van der Waals surface area contributed by atoms with E-state index in [1.165, 1.54) is 25.7 Å². The van der Waals surface area contributed by atoms with Crippen molar-refractivity contribution in [3.8, 4) is 23.3 Å². The zero-order valence-corrected chi connectivity index (χ0v) is 19.8. The molecule has 0 heterocycles. The Morgan fingerprint density at radius 2 is 1.47 bits per heavy atom. The molecule has 2 heteroatoms. The summed E-state index contributed by atoms with van der Waals surface area (Å²) in [6.07, 6.45) is 7.17. The topological polar surface area (TPSA) is 18.5 Å². The molecule has 0 aliphatic rings. The van der Waals surface area contributed by atoms with Gasteiger partial charge >= 0.3 is 0 Å². The fourth-order valence-electron chi connectivity index (χ4n) is 3.39. The molecule has 0 bridgehead atoms. The molecule has 0 saturated carbocycles. The Labute approximate surface area is 194 Å². The highest BCUT2D eigenvalue weighted by atomic mass is 16.5. The van der Waals surface area contributed by atoms with Crippen LogP contribution in [0.15, 0.2) is 60.7 Å². The summed E-state index contributed by atoms with van der Waals surface area (Å²) in [7, 11) is 0. The Balaban J connectivity index is 1.51. The number of rotatable bonds is 11. The molecule has 3 aromatic rings. The quantitative estimate of drug-likeness (QED) is 0.226. The molecular formula is C30H36O2. The van der Waals surface area contributed by atoms with E-state index in [0.717, 1.165) is 52.8 Å². The summed E-state index contributed by atoms with van der Waals surface area (Å²) in [5.41, 5.74) is 2.22. The van der Waals surface area contributed by atoms with Crippen molar-refractivity contribution in [3.63, 3.8) is 0 Å². The highest BCUT2D eigenvalue weighted by Gasteiger charge is 2.04. The molecule has 0 radical (unpaired) electrons. The maximum absolute atomic E-state index is 6.03. The van der Waals surface area contributed by atoms with Gasteiger partial charge in [-0.15, -0.1) is 0 Å². The number of ether oxygens (including phenoxy) is 2. The molecule has 0 spiro atoms. The Morgan fingerprint density at radius 1 is 0.781 bits per heavy atom. The van der Waals surface area contributed by atoms with Crippen molar-refractivity contribution in [2.45, 2.75) is 65.9 Å². The van der Waals surface area contributed by atoms with E-state index in [4.69, 9.17) is 9.47 Å². The number of hydrogen-bond donors (Lipinski definition) is 0. The van der Waals surface area contributed by atoms with E-state index in [1.807, 2.05) is 12.1 Å². The van der Waals surface area contributed by atoms with Gasteiger partial charge in [-0.05, 0) is 65.1 Å². The van der Waals surface area contributed by atoms with Crippen LogP contribution in [0.5, 0.6) is 11.5 Å². The lowest BCUT2D eigenvalue weighted by atomic mass is 10.1. The minimum atomic E-state index is 0.548. The highest BCUT2D eigenvalue weighted by molar-refractivity contribution is 5.85. The Hall–Kier alpha value is -2.92. The van der Waals surface area contributed by atoms with Crippen molar-refractivity contribution in [2.24, 2.45) is 5.92 Å². The van der Waals surface area contributed by atoms with Crippen LogP contribution in [0.1, 0.15) is 70.4 Å². The third-order valence-corrected chi connectivity index (χ3v) is 5.76. The standard InChI is InChI=1S/C30H36O2/c1-4-6-7-8-9-10-11-25-12-14-26(15-13-25)23-32-30-19-17-27-20-29(18-16-28(27)21-30)31-22-24(3)5-2/h12-21,24H,4-9,22-23H2,1-3H3. The summed E-state index contributed by atoms with van der Waals surface area (Å²) < 4.78 is 12.0. The molecule has 3 rings (SSSR count). The summed E-state index contributed by atoms with van der Waals surface area (Å²) in [5, 5.41) is 2.32. The molecular weight excluding hydrogens is 392 g/mol. The molecule has 1 atom stereocenters. The summed E-state index contributed by atoms with van der Waals surface area (Å²) >= 11 is 0. The van der Waals surface area contributed by atoms with Crippen LogP contribution in [-0.4, -0.2) is 6.61 Å². The first kappa shape index (κ1) is 23.7. The molecule has 0 N–H and O–H groups in total. The molecule has 32 heavy (non-hydrogen) atoms. The van der Waals surface area contributed by atoms with Crippen molar-refractivity contribution < 1.29 is 9.47 Å². The number of unbranched alkanes of at least 4 members (excludes halogenated alkanes) is 4. The Kier molecular flexibility index (Phi) is 9.51. The monoisotopic (exact) mass is 428 g/mol. The summed E-state index contributed by atoms with van der Waals surface area (Å²) in [5.74, 6) is 8.92. The SMILES string of the molecule is CCCCCCC#Cc1ccc(COc2ccc3cc(OCC(C)CC)ccc3c2)cc1. The third kappa shape index (κ3) is 7.65. The van der Waals surface area contributed by atoms with E-state index in [0.29, 0.717) is 12.5 Å². The van der Waals surface area contributed by atoms with Gasteiger partial charge in [0, 0.05) is 12.0 Å². The Bertz CT molecular complexity index is 1020. The number of benzene rings is 3. The molecule has 0 amide bonds. The molecule has 2 nitrogen and oxygen atoms in total. The molecule has 0 aliphatic heterocycles. The van der Waals surface area contributed by atoms with Crippen LogP contribution in [0.3, 0.4) is 0 Å². The van der Waals surface area contributed by atoms with E-state index >= 15 is 0 Å². The first-order chi connectivity index (χ1) is 15.7. The van der Waals surface area contributed by atoms with E-state index in [9.17, 15) is 0 Å². The van der Waals surface area contributed by atoms with Crippen LogP contribution in [0.2, 0.25) is 0 Å². The van der Waals surface area contributed by atoms with Gasteiger partial charge in [0.05, 0.1) is 6.61 Å². The zero-order valence-electron chi connectivity index (χ0n) is 19.8. The van der Waals surface area contributed by atoms with Crippen LogP contribution in [0.4, 0.5) is 0 Å². The normalized spacial score (nSPS) is 11.6. The van der Waals surface area contributed by atoms with Crippen molar-refractivity contribution in [2.75, 3.05) is 6.61 Å². The van der Waals surface area contributed by atoms with Gasteiger partial charge in [0.2, 0.25) is 0 Å². The van der Waals surface area contributed by atoms with Gasteiger partial charge in [-0.2, -0.15) is 0 Å². The van der Waals surface area contributed by atoms with Gasteiger partial charge in [-0.1, -0.05) is 82.6 Å². The highest BCUT2D eigenvalue weighted by Crippen LogP contribution is 2.26. The number of fused-ring (bicyclic) bond motifs is 1. The molecule has 0 aromatic heterocycles. The first-order valence-electron chi connectivity index (χ1n) is 12.0. The molecule has 3 aromatic carbocycles. The predicted molar refractivity (Wildman–Crippen MR) is 135 cm³/mol. The smallest absolute Gasteiger partial charge is 0.120 e. The lowest BCUT2D eigenvalue weighted by molar-refractivity contribution is 0.257. The average molecular weight is 429 g/mol. The van der Waals surface area contributed by atoms with Gasteiger partial charge in [0.1, 0.15) is 18.1 Å². The second kappa shape index (κ2) is 12.8. The molecule has 168 valence electrons. The third-order valence-electron chi connectivity index (χ3n) is 5.76. The van der Waals surface area contributed by atoms with Crippen LogP contribution in [0.25, 0.3) is 10.8 Å². The molecule has 0 aliphatic carbocycles. The van der Waals surface area contributed by atoms with Crippen LogP contribution >= 0.6 is 0 Å². The van der Waals surface area contributed by atoms with Gasteiger partial charge in [0.25, 0.3) is 0 Å². The van der Waals surface area contributed by atoms with Gasteiger partial charge in [-0.25, -0.2) is 0 Å². The van der Waals surface area contributed by atoms with Gasteiger partial charge < -0.3 is 9.47 Å². The summed E-state index contributed by atoms with van der Waals surface area (Å²) in [4.78, 5) is 0. The molecule has 1 unspecified atom stereocenters. The fourth-order valence-corrected chi connectivity index (χ4v) is 3.39. The lowest BCUT2D eigenvalue weighted by Gasteiger charge is -2.12. The van der Waals surface area contributed by atoms with Crippen LogP contribution in [-0.2, 0) is 6.61 Å². The first-order valence-corrected chi connectivity index (χ1v) is 12.0. The Morgan fingerprint density at radius 3 is 2.12 bits per heavy atom. The molecule has 0 fully saturated rings. The second-order valence-electron chi connectivity index (χ2n) is 8.59. The summed E-state index contributed by atoms with van der Waals surface area (Å²) in [6.45, 7) is 7.94. The predicted octanol–water partition coefficient (Wildman–Crippen LogP) is 8.17. The molecule has 0 saturated heterocycles. The van der Waals surface area contributed by atoms with Crippen molar-refractivity contribution >= 4 is 10.8 Å². The van der Waals surface area contributed by atoms with Crippen LogP contribution in [0, 0.1) is 17.8 Å². The minimum absolute atomic E-state index is 0.548. The van der Waals surface area contributed by atoms with Crippen molar-refractivity contribution in [3.05, 3.63) is 71.8 Å².